The smallest absolute Gasteiger partial charge is 0.408 e. The van der Waals surface area contributed by atoms with E-state index < -0.39 is 17.7 Å². The normalized spacial score (nSPS) is 17.3. The summed E-state index contributed by atoms with van der Waals surface area (Å²) in [5, 5.41) is 5.47. The van der Waals surface area contributed by atoms with Crippen molar-refractivity contribution in [1.29, 1.82) is 0 Å². The molecule has 2 N–H and O–H groups in total. The predicted octanol–water partition coefficient (Wildman–Crippen LogP) is 3.33. The summed E-state index contributed by atoms with van der Waals surface area (Å²) in [6.45, 7) is 5.72. The molecular weight excluding hydrogens is 372 g/mol. The van der Waals surface area contributed by atoms with E-state index in [0.717, 1.165) is 30.6 Å². The van der Waals surface area contributed by atoms with Gasteiger partial charge in [0.2, 0.25) is 5.91 Å². The molecular formula is C22H32N2O5. The number of benzene rings is 1. The molecule has 0 bridgehead atoms. The first-order valence-electron chi connectivity index (χ1n) is 9.95. The van der Waals surface area contributed by atoms with Crippen molar-refractivity contribution in [2.45, 2.75) is 64.3 Å². The maximum Gasteiger partial charge on any atom is 0.408 e. The monoisotopic (exact) mass is 404 g/mol. The molecule has 0 aromatic heterocycles. The Morgan fingerprint density at radius 2 is 1.93 bits per heavy atom. The minimum absolute atomic E-state index is 0.0407. The van der Waals surface area contributed by atoms with Crippen LogP contribution in [0.3, 0.4) is 0 Å². The fourth-order valence-corrected chi connectivity index (χ4v) is 2.83. The first kappa shape index (κ1) is 22.7. The molecule has 0 saturated heterocycles. The number of hydrogen-bond donors (Lipinski definition) is 2. The lowest BCUT2D eigenvalue weighted by molar-refractivity contribution is -0.125. The Bertz CT molecular complexity index is 694. The number of allylic oxidation sites excluding steroid dienone is 1. The topological polar surface area (TPSA) is 85.9 Å². The van der Waals surface area contributed by atoms with Gasteiger partial charge in [0, 0.05) is 6.54 Å². The quantitative estimate of drug-likeness (QED) is 0.649. The number of ether oxygens (including phenoxy) is 3. The highest BCUT2D eigenvalue weighted by Gasteiger charge is 2.25. The van der Waals surface area contributed by atoms with Crippen LogP contribution >= 0.6 is 0 Å². The maximum atomic E-state index is 12.7. The van der Waals surface area contributed by atoms with Gasteiger partial charge in [0.15, 0.2) is 0 Å². The molecule has 1 aromatic rings. The first-order chi connectivity index (χ1) is 13.8. The summed E-state index contributed by atoms with van der Waals surface area (Å²) < 4.78 is 16.3. The summed E-state index contributed by atoms with van der Waals surface area (Å²) in [6.07, 6.45) is 6.39. The SMILES string of the molecule is COc1ccc(CNC(=O)[C@H](COC2C=CCCC2)NC(=O)OC(C)(C)C)cc1. The summed E-state index contributed by atoms with van der Waals surface area (Å²) in [7, 11) is 1.60. The van der Waals surface area contributed by atoms with Gasteiger partial charge in [-0.25, -0.2) is 4.79 Å². The number of hydrogen-bond acceptors (Lipinski definition) is 5. The van der Waals surface area contributed by atoms with Crippen LogP contribution in [-0.2, 0) is 20.8 Å². The molecule has 160 valence electrons. The minimum atomic E-state index is -0.849. The second-order valence-corrected chi connectivity index (χ2v) is 8.00. The van der Waals surface area contributed by atoms with Crippen molar-refractivity contribution >= 4 is 12.0 Å². The Kier molecular flexibility index (Phi) is 8.51. The van der Waals surface area contributed by atoms with E-state index in [4.69, 9.17) is 14.2 Å². The van der Waals surface area contributed by atoms with E-state index in [-0.39, 0.29) is 18.6 Å². The van der Waals surface area contributed by atoms with Gasteiger partial charge in [-0.3, -0.25) is 4.79 Å². The number of carbonyl (C=O) groups is 2. The van der Waals surface area contributed by atoms with E-state index in [0.29, 0.717) is 6.54 Å². The Morgan fingerprint density at radius 1 is 1.21 bits per heavy atom. The maximum absolute atomic E-state index is 12.7. The third-order valence-electron chi connectivity index (χ3n) is 4.32. The average Bonchev–Trinajstić information content (AvgIpc) is 2.69. The van der Waals surface area contributed by atoms with Gasteiger partial charge < -0.3 is 24.8 Å². The minimum Gasteiger partial charge on any atom is -0.497 e. The van der Waals surface area contributed by atoms with Crippen LogP contribution in [0.25, 0.3) is 0 Å². The summed E-state index contributed by atoms with van der Waals surface area (Å²) >= 11 is 0. The van der Waals surface area contributed by atoms with Crippen LogP contribution in [0, 0.1) is 0 Å². The van der Waals surface area contributed by atoms with Gasteiger partial charge in [0.25, 0.3) is 0 Å². The van der Waals surface area contributed by atoms with Crippen molar-refractivity contribution in [3.8, 4) is 5.75 Å². The summed E-state index contributed by atoms with van der Waals surface area (Å²) in [6, 6.07) is 6.56. The van der Waals surface area contributed by atoms with Crippen molar-refractivity contribution in [3.05, 3.63) is 42.0 Å². The van der Waals surface area contributed by atoms with Gasteiger partial charge in [-0.15, -0.1) is 0 Å². The van der Waals surface area contributed by atoms with Crippen LogP contribution in [-0.4, -0.2) is 43.5 Å². The Balaban J connectivity index is 1.95. The average molecular weight is 405 g/mol. The fourth-order valence-electron chi connectivity index (χ4n) is 2.83. The molecule has 1 aromatic carbocycles. The molecule has 0 heterocycles. The lowest BCUT2D eigenvalue weighted by Gasteiger charge is -2.25. The first-order valence-corrected chi connectivity index (χ1v) is 9.95. The van der Waals surface area contributed by atoms with Crippen LogP contribution in [0.4, 0.5) is 4.79 Å². The molecule has 29 heavy (non-hydrogen) atoms. The number of methoxy groups -OCH3 is 1. The van der Waals surface area contributed by atoms with Crippen molar-refractivity contribution in [2.24, 2.45) is 0 Å². The Morgan fingerprint density at radius 3 is 2.52 bits per heavy atom. The van der Waals surface area contributed by atoms with Crippen molar-refractivity contribution < 1.29 is 23.8 Å². The van der Waals surface area contributed by atoms with E-state index in [2.05, 4.69) is 16.7 Å². The summed E-state index contributed by atoms with van der Waals surface area (Å²) in [5.41, 5.74) is 0.271. The molecule has 2 atom stereocenters. The van der Waals surface area contributed by atoms with Crippen LogP contribution < -0.4 is 15.4 Å². The molecule has 7 heteroatoms. The largest absolute Gasteiger partial charge is 0.497 e. The lowest BCUT2D eigenvalue weighted by atomic mass is 10.1. The molecule has 1 unspecified atom stereocenters. The molecule has 0 radical (unpaired) electrons. The molecule has 0 aliphatic heterocycles. The summed E-state index contributed by atoms with van der Waals surface area (Å²) in [5.74, 6) is 0.421. The van der Waals surface area contributed by atoms with Gasteiger partial charge >= 0.3 is 6.09 Å². The molecule has 1 aliphatic carbocycles. The van der Waals surface area contributed by atoms with Gasteiger partial charge in [-0.1, -0.05) is 24.3 Å². The molecule has 0 saturated carbocycles. The molecule has 0 fully saturated rings. The van der Waals surface area contributed by atoms with Crippen molar-refractivity contribution in [1.82, 2.24) is 10.6 Å². The van der Waals surface area contributed by atoms with Gasteiger partial charge in [0.1, 0.15) is 17.4 Å². The van der Waals surface area contributed by atoms with Crippen LogP contribution in [0.15, 0.2) is 36.4 Å². The number of nitrogens with one attached hydrogen (secondary N) is 2. The number of amides is 2. The standard InChI is InChI=1S/C22H32N2O5/c1-22(2,3)29-21(26)24-19(15-28-18-8-6-5-7-9-18)20(25)23-14-16-10-12-17(27-4)13-11-16/h6,8,10-13,18-19H,5,7,9,14-15H2,1-4H3,(H,23,25)(H,24,26)/t18?,19-/m0/s1. The zero-order valence-corrected chi connectivity index (χ0v) is 17.7. The van der Waals surface area contributed by atoms with Crippen molar-refractivity contribution in [2.75, 3.05) is 13.7 Å². The van der Waals surface area contributed by atoms with Crippen molar-refractivity contribution in [3.63, 3.8) is 0 Å². The van der Waals surface area contributed by atoms with Crippen LogP contribution in [0.5, 0.6) is 5.75 Å². The highest BCUT2D eigenvalue weighted by atomic mass is 16.6. The van der Waals surface area contributed by atoms with Gasteiger partial charge in [0.05, 0.1) is 19.8 Å². The highest BCUT2D eigenvalue weighted by molar-refractivity contribution is 5.85. The third kappa shape index (κ3) is 8.56. The second kappa shape index (κ2) is 10.9. The number of carbonyl (C=O) groups excluding carboxylic acids is 2. The predicted molar refractivity (Wildman–Crippen MR) is 111 cm³/mol. The van der Waals surface area contributed by atoms with Crippen LogP contribution in [0.1, 0.15) is 45.6 Å². The number of rotatable bonds is 8. The van der Waals surface area contributed by atoms with E-state index >= 15 is 0 Å². The number of alkyl carbamates (subject to hydrolysis) is 1. The highest BCUT2D eigenvalue weighted by Crippen LogP contribution is 2.14. The fraction of sp³-hybridized carbons (Fsp3) is 0.545. The Labute approximate surface area is 172 Å². The molecule has 0 spiro atoms. The summed E-state index contributed by atoms with van der Waals surface area (Å²) in [4.78, 5) is 24.9. The molecule has 2 rings (SSSR count). The second-order valence-electron chi connectivity index (χ2n) is 8.00. The molecule has 2 amide bonds. The van der Waals surface area contributed by atoms with Gasteiger partial charge in [-0.2, -0.15) is 0 Å². The zero-order chi connectivity index (χ0) is 21.3. The molecule has 1 aliphatic rings. The van der Waals surface area contributed by atoms with E-state index in [1.807, 2.05) is 30.3 Å². The van der Waals surface area contributed by atoms with Crippen LogP contribution in [0.2, 0.25) is 0 Å². The lowest BCUT2D eigenvalue weighted by Crippen LogP contribution is -2.50. The molecule has 7 nitrogen and oxygen atoms in total. The van der Waals surface area contributed by atoms with E-state index in [1.54, 1.807) is 27.9 Å². The van der Waals surface area contributed by atoms with Gasteiger partial charge in [-0.05, 0) is 57.7 Å². The third-order valence-corrected chi connectivity index (χ3v) is 4.32. The zero-order valence-electron chi connectivity index (χ0n) is 17.7. The van der Waals surface area contributed by atoms with E-state index in [1.165, 1.54) is 0 Å². The van der Waals surface area contributed by atoms with E-state index in [9.17, 15) is 9.59 Å². The Hall–Kier alpha value is -2.54.